The molecule has 0 radical (unpaired) electrons. The Bertz CT molecular complexity index is 1100. The summed E-state index contributed by atoms with van der Waals surface area (Å²) in [6.07, 6.45) is -4.41. The van der Waals surface area contributed by atoms with Crippen LogP contribution in [0.4, 0.5) is 13.2 Å². The van der Waals surface area contributed by atoms with Gasteiger partial charge in [0.25, 0.3) is 0 Å². The number of primary sulfonamides is 1. The third-order valence-electron chi connectivity index (χ3n) is 5.41. The van der Waals surface area contributed by atoms with Crippen LogP contribution in [-0.2, 0) is 10.0 Å². The van der Waals surface area contributed by atoms with Gasteiger partial charge < -0.3 is 5.32 Å². The lowest BCUT2D eigenvalue weighted by Crippen LogP contribution is -2.26. The molecule has 0 amide bonds. The number of rotatable bonds is 4. The molecule has 1 aromatic heterocycles. The van der Waals surface area contributed by atoms with Gasteiger partial charge in [0.15, 0.2) is 0 Å². The summed E-state index contributed by atoms with van der Waals surface area (Å²) in [5, 5.41) is 21.5. The van der Waals surface area contributed by atoms with Gasteiger partial charge in [-0.1, -0.05) is 24.3 Å². The summed E-state index contributed by atoms with van der Waals surface area (Å²) < 4.78 is 65.4. The number of nitrogens with zero attached hydrogens (tertiary/aromatic N) is 3. The number of allylic oxidation sites excluding steroid dienone is 3. The van der Waals surface area contributed by atoms with Gasteiger partial charge in [0.05, 0.1) is 5.57 Å². The predicted octanol–water partition coefficient (Wildman–Crippen LogP) is 2.09. The van der Waals surface area contributed by atoms with Crippen LogP contribution in [0, 0.1) is 0 Å². The van der Waals surface area contributed by atoms with Gasteiger partial charge in [-0.25, -0.2) is 13.6 Å². The molecule has 4 N–H and O–H groups in total. The van der Waals surface area contributed by atoms with E-state index in [-0.39, 0.29) is 17.8 Å². The number of sulfonamides is 1. The van der Waals surface area contributed by atoms with Crippen LogP contribution in [0.15, 0.2) is 34.7 Å². The molecule has 1 saturated heterocycles. The molecule has 0 saturated carbocycles. The van der Waals surface area contributed by atoms with Gasteiger partial charge in [-0.05, 0) is 53.6 Å². The second kappa shape index (κ2) is 7.60. The van der Waals surface area contributed by atoms with Crippen molar-refractivity contribution >= 4 is 21.2 Å². The Hall–Kier alpha value is -2.57. The van der Waals surface area contributed by atoms with E-state index in [9.17, 15) is 21.6 Å². The van der Waals surface area contributed by atoms with Crippen molar-refractivity contribution in [2.45, 2.75) is 31.4 Å². The van der Waals surface area contributed by atoms with Crippen molar-refractivity contribution in [3.05, 3.63) is 51.7 Å². The molecule has 2 heterocycles. The van der Waals surface area contributed by atoms with E-state index in [1.165, 1.54) is 0 Å². The van der Waals surface area contributed by atoms with E-state index in [4.69, 9.17) is 5.14 Å². The van der Waals surface area contributed by atoms with E-state index in [1.807, 2.05) is 12.1 Å². The summed E-state index contributed by atoms with van der Waals surface area (Å²) in [5.74, 6) is 0.118. The fraction of sp³-hybridized carbons (Fsp3) is 0.389. The van der Waals surface area contributed by atoms with Gasteiger partial charge in [-0.15, -0.1) is 10.2 Å². The second-order valence-electron chi connectivity index (χ2n) is 7.25. The highest BCUT2D eigenvalue weighted by atomic mass is 32.2. The zero-order valence-electron chi connectivity index (χ0n) is 15.7. The highest BCUT2D eigenvalue weighted by Crippen LogP contribution is 2.47. The molecule has 0 bridgehead atoms. The summed E-state index contributed by atoms with van der Waals surface area (Å²) in [7, 11) is -4.72. The lowest BCUT2D eigenvalue weighted by molar-refractivity contribution is -0.0941. The van der Waals surface area contributed by atoms with Gasteiger partial charge in [0.2, 0.25) is 15.8 Å². The molecular weight excluding hydrogens is 421 g/mol. The van der Waals surface area contributed by atoms with Gasteiger partial charge in [-0.3, -0.25) is 0 Å². The molecule has 0 spiro atoms. The van der Waals surface area contributed by atoms with Crippen LogP contribution in [0.5, 0.6) is 0 Å². The van der Waals surface area contributed by atoms with Crippen LogP contribution in [0.1, 0.15) is 42.1 Å². The molecule has 160 valence electrons. The first-order valence-electron chi connectivity index (χ1n) is 9.28. The maximum atomic E-state index is 13.6. The van der Waals surface area contributed by atoms with Crippen molar-refractivity contribution in [2.75, 3.05) is 13.1 Å². The number of aromatic amines is 1. The average Bonchev–Trinajstić information content (AvgIpc) is 3.39. The number of tetrazole rings is 1. The molecule has 2 aromatic rings. The molecule has 1 aromatic carbocycles. The first-order valence-corrected chi connectivity index (χ1v) is 10.8. The molecule has 1 aliphatic carbocycles. The molecule has 4 rings (SSSR count). The fourth-order valence-corrected chi connectivity index (χ4v) is 5.11. The first kappa shape index (κ1) is 20.7. The highest BCUT2D eigenvalue weighted by Gasteiger charge is 2.44. The number of benzene rings is 1. The van der Waals surface area contributed by atoms with E-state index in [0.717, 1.165) is 25.1 Å². The summed E-state index contributed by atoms with van der Waals surface area (Å²) >= 11 is 0. The van der Waals surface area contributed by atoms with Crippen molar-refractivity contribution in [3.8, 4) is 0 Å². The Morgan fingerprint density at radius 2 is 1.87 bits per heavy atom. The van der Waals surface area contributed by atoms with Crippen molar-refractivity contribution in [1.29, 1.82) is 0 Å². The Labute approximate surface area is 170 Å². The maximum absolute atomic E-state index is 13.6. The van der Waals surface area contributed by atoms with Crippen molar-refractivity contribution in [1.82, 2.24) is 25.9 Å². The minimum atomic E-state index is -4.86. The zero-order valence-corrected chi connectivity index (χ0v) is 16.5. The molecular formula is C18H19F3N6O2S. The first-order chi connectivity index (χ1) is 14.2. The smallest absolute Gasteiger partial charge is 0.316 e. The molecule has 8 nitrogen and oxygen atoms in total. The average molecular weight is 440 g/mol. The Morgan fingerprint density at radius 1 is 1.13 bits per heavy atom. The number of H-pyrrole nitrogens is 1. The number of halogens is 3. The topological polar surface area (TPSA) is 127 Å². The lowest BCUT2D eigenvalue weighted by Gasteiger charge is -2.25. The summed E-state index contributed by atoms with van der Waals surface area (Å²) in [6.45, 7) is 1.80. The number of alkyl halides is 3. The zero-order chi connectivity index (χ0) is 21.5. The third-order valence-corrected chi connectivity index (χ3v) is 6.43. The van der Waals surface area contributed by atoms with Crippen LogP contribution in [-0.4, -0.2) is 48.3 Å². The van der Waals surface area contributed by atoms with Crippen LogP contribution < -0.4 is 10.5 Å². The predicted molar refractivity (Wildman–Crippen MR) is 103 cm³/mol. The fourth-order valence-electron chi connectivity index (χ4n) is 4.05. The standard InChI is InChI=1S/C18H19F3N6O2S/c19-18(20,21)14-6-5-13(11-3-1-10(2-4-11)12-7-8-23-9-12)15(16(14)30(22,28)29)17-24-26-27-25-17/h1-4,12,23H,5-9H2,(H2,22,28,29)(H,24,25,26,27). The molecule has 1 unspecified atom stereocenters. The van der Waals surface area contributed by atoms with E-state index >= 15 is 0 Å². The maximum Gasteiger partial charge on any atom is 0.414 e. The number of aromatic nitrogens is 4. The van der Waals surface area contributed by atoms with Crippen LogP contribution >= 0.6 is 0 Å². The largest absolute Gasteiger partial charge is 0.414 e. The number of nitrogens with two attached hydrogens (primary N) is 1. The normalized spacial score (nSPS) is 20.9. The Morgan fingerprint density at radius 3 is 2.40 bits per heavy atom. The van der Waals surface area contributed by atoms with Gasteiger partial charge in [-0.2, -0.15) is 18.4 Å². The van der Waals surface area contributed by atoms with E-state index in [0.29, 0.717) is 17.1 Å². The molecule has 1 aliphatic heterocycles. The number of hydrogen-bond acceptors (Lipinski definition) is 6. The van der Waals surface area contributed by atoms with Crippen LogP contribution in [0.3, 0.4) is 0 Å². The second-order valence-corrected chi connectivity index (χ2v) is 8.75. The van der Waals surface area contributed by atoms with E-state index in [2.05, 4.69) is 25.9 Å². The number of hydrogen-bond donors (Lipinski definition) is 3. The summed E-state index contributed by atoms with van der Waals surface area (Å²) in [5.41, 5.74) is 0.609. The summed E-state index contributed by atoms with van der Waals surface area (Å²) in [4.78, 5) is -0.998. The van der Waals surface area contributed by atoms with Crippen LogP contribution in [0.25, 0.3) is 11.1 Å². The molecule has 12 heteroatoms. The molecule has 2 aliphatic rings. The lowest BCUT2D eigenvalue weighted by atomic mass is 9.86. The molecule has 1 fully saturated rings. The highest BCUT2D eigenvalue weighted by molar-refractivity contribution is 7.93. The van der Waals surface area contributed by atoms with Crippen molar-refractivity contribution in [2.24, 2.45) is 5.14 Å². The van der Waals surface area contributed by atoms with Gasteiger partial charge in [0.1, 0.15) is 4.91 Å². The quantitative estimate of drug-likeness (QED) is 0.668. The third kappa shape index (κ3) is 3.89. The number of nitrogens with one attached hydrogen (secondary N) is 2. The molecule has 30 heavy (non-hydrogen) atoms. The van der Waals surface area contributed by atoms with Gasteiger partial charge in [0, 0.05) is 12.1 Å². The van der Waals surface area contributed by atoms with Crippen molar-refractivity contribution < 1.29 is 21.6 Å². The van der Waals surface area contributed by atoms with Crippen LogP contribution in [0.2, 0.25) is 0 Å². The minimum Gasteiger partial charge on any atom is -0.316 e. The minimum absolute atomic E-state index is 0.0396. The summed E-state index contributed by atoms with van der Waals surface area (Å²) in [6, 6.07) is 7.38. The van der Waals surface area contributed by atoms with Gasteiger partial charge >= 0.3 is 6.18 Å². The molecule has 1 atom stereocenters. The van der Waals surface area contributed by atoms with E-state index < -0.39 is 33.1 Å². The monoisotopic (exact) mass is 440 g/mol. The van der Waals surface area contributed by atoms with E-state index in [1.54, 1.807) is 12.1 Å². The van der Waals surface area contributed by atoms with Crippen molar-refractivity contribution in [3.63, 3.8) is 0 Å². The Balaban J connectivity index is 1.90. The SMILES string of the molecule is NS(=O)(=O)C1=C(C(F)(F)F)CCC(c2ccc(C3CCNC3)cc2)=C1c1nn[nH]n1. The Kier molecular flexibility index (Phi) is 5.24.